The van der Waals surface area contributed by atoms with Crippen molar-refractivity contribution in [1.29, 1.82) is 0 Å². The maximum atomic E-state index is 12.2. The summed E-state index contributed by atoms with van der Waals surface area (Å²) in [4.78, 5) is 25.9. The molecule has 2 aromatic heterocycles. The van der Waals surface area contributed by atoms with Gasteiger partial charge in [-0.25, -0.2) is 4.98 Å². The molecule has 0 saturated carbocycles. The second-order valence-electron chi connectivity index (χ2n) is 7.81. The third-order valence-corrected chi connectivity index (χ3v) is 7.36. The van der Waals surface area contributed by atoms with Crippen LogP contribution in [0.15, 0.2) is 24.3 Å². The molecule has 1 fully saturated rings. The van der Waals surface area contributed by atoms with Crippen LogP contribution in [0, 0.1) is 5.92 Å². The molecule has 164 valence electrons. The van der Waals surface area contributed by atoms with Gasteiger partial charge in [-0.2, -0.15) is 4.98 Å². The van der Waals surface area contributed by atoms with Gasteiger partial charge in [0.05, 0.1) is 17.9 Å². The van der Waals surface area contributed by atoms with Crippen LogP contribution in [0.2, 0.25) is 5.28 Å². The van der Waals surface area contributed by atoms with Crippen LogP contribution in [-0.4, -0.2) is 35.6 Å². The Morgan fingerprint density at radius 1 is 1.13 bits per heavy atom. The lowest BCUT2D eigenvalue weighted by Crippen LogP contribution is -2.37. The Bertz CT molecular complexity index is 1070. The van der Waals surface area contributed by atoms with Gasteiger partial charge in [-0.3, -0.25) is 4.79 Å². The second-order valence-corrected chi connectivity index (χ2v) is 9.24. The zero-order valence-corrected chi connectivity index (χ0v) is 19.9. The van der Waals surface area contributed by atoms with Crippen LogP contribution in [-0.2, 0) is 22.4 Å². The molecule has 0 unspecified atom stereocenters. The number of fused-ring (bicyclic) bond motifs is 1. The molecule has 4 rings (SSSR count). The van der Waals surface area contributed by atoms with Crippen molar-refractivity contribution in [2.75, 3.05) is 24.6 Å². The van der Waals surface area contributed by atoms with Crippen molar-refractivity contribution in [1.82, 2.24) is 9.97 Å². The summed E-state index contributed by atoms with van der Waals surface area (Å²) < 4.78 is 5.22. The Morgan fingerprint density at radius 2 is 1.84 bits per heavy atom. The summed E-state index contributed by atoms with van der Waals surface area (Å²) in [6.07, 6.45) is 3.46. The number of thiophene rings is 1. The van der Waals surface area contributed by atoms with Gasteiger partial charge in [0.1, 0.15) is 10.6 Å². The molecule has 5 nitrogen and oxygen atoms in total. The molecule has 0 N–H and O–H groups in total. The van der Waals surface area contributed by atoms with E-state index in [1.165, 1.54) is 21.6 Å². The van der Waals surface area contributed by atoms with E-state index in [1.807, 2.05) is 6.92 Å². The van der Waals surface area contributed by atoms with Crippen LogP contribution < -0.4 is 4.90 Å². The van der Waals surface area contributed by atoms with E-state index in [1.54, 1.807) is 11.3 Å². The summed E-state index contributed by atoms with van der Waals surface area (Å²) in [6.45, 7) is 8.11. The van der Waals surface area contributed by atoms with Crippen molar-refractivity contribution < 1.29 is 9.53 Å². The van der Waals surface area contributed by atoms with Crippen LogP contribution in [0.4, 0.5) is 5.82 Å². The lowest BCUT2D eigenvalue weighted by molar-refractivity contribution is -0.148. The van der Waals surface area contributed by atoms with Crippen molar-refractivity contribution in [3.8, 4) is 11.1 Å². The number of esters is 1. The number of carbonyl (C=O) groups excluding carboxylic acids is 1. The highest BCUT2D eigenvalue weighted by molar-refractivity contribution is 7.19. The summed E-state index contributed by atoms with van der Waals surface area (Å²) in [5.74, 6) is 0.745. The number of anilines is 1. The largest absolute Gasteiger partial charge is 0.466 e. The van der Waals surface area contributed by atoms with Gasteiger partial charge >= 0.3 is 5.97 Å². The molecular formula is C24H28ClN3O2S. The van der Waals surface area contributed by atoms with E-state index in [-0.39, 0.29) is 17.2 Å². The number of halogens is 1. The molecule has 3 aromatic rings. The number of nitrogens with zero attached hydrogens (tertiary/aromatic N) is 3. The van der Waals surface area contributed by atoms with E-state index in [0.717, 1.165) is 54.8 Å². The quantitative estimate of drug-likeness (QED) is 0.340. The zero-order chi connectivity index (χ0) is 22.0. The van der Waals surface area contributed by atoms with E-state index in [9.17, 15) is 4.79 Å². The average Bonchev–Trinajstić information content (AvgIpc) is 3.17. The number of piperidine rings is 1. The first-order valence-electron chi connectivity index (χ1n) is 11.0. The van der Waals surface area contributed by atoms with Crippen LogP contribution >= 0.6 is 22.9 Å². The van der Waals surface area contributed by atoms with E-state index < -0.39 is 0 Å². The molecule has 0 amide bonds. The Labute approximate surface area is 192 Å². The number of aromatic nitrogens is 2. The number of benzene rings is 1. The number of hydrogen-bond acceptors (Lipinski definition) is 6. The first kappa shape index (κ1) is 22.0. The normalized spacial score (nSPS) is 14.9. The smallest absolute Gasteiger partial charge is 0.309 e. The number of rotatable bonds is 6. The number of carbonyl (C=O) groups is 1. The second kappa shape index (κ2) is 9.53. The highest BCUT2D eigenvalue weighted by Gasteiger charge is 2.29. The van der Waals surface area contributed by atoms with Gasteiger partial charge in [0, 0.05) is 23.5 Å². The van der Waals surface area contributed by atoms with Gasteiger partial charge in [0.25, 0.3) is 0 Å². The van der Waals surface area contributed by atoms with Gasteiger partial charge in [-0.15, -0.1) is 11.3 Å². The predicted octanol–water partition coefficient (Wildman–Crippen LogP) is 5.92. The summed E-state index contributed by atoms with van der Waals surface area (Å²) >= 11 is 8.03. The van der Waals surface area contributed by atoms with Crippen LogP contribution in [0.5, 0.6) is 0 Å². The topological polar surface area (TPSA) is 55.3 Å². The Balaban J connectivity index is 1.75. The fourth-order valence-corrected chi connectivity index (χ4v) is 5.62. The molecule has 3 heterocycles. The van der Waals surface area contributed by atoms with Gasteiger partial charge in [0.2, 0.25) is 5.28 Å². The fraction of sp³-hybridized carbons (Fsp3) is 0.458. The average molecular weight is 458 g/mol. The van der Waals surface area contributed by atoms with Crippen molar-refractivity contribution in [3.05, 3.63) is 40.0 Å². The third kappa shape index (κ3) is 4.41. The molecule has 0 spiro atoms. The maximum absolute atomic E-state index is 12.2. The van der Waals surface area contributed by atoms with Crippen LogP contribution in [0.1, 0.15) is 44.1 Å². The monoisotopic (exact) mass is 457 g/mol. The zero-order valence-electron chi connectivity index (χ0n) is 18.3. The summed E-state index contributed by atoms with van der Waals surface area (Å²) in [7, 11) is 0. The van der Waals surface area contributed by atoms with E-state index >= 15 is 0 Å². The van der Waals surface area contributed by atoms with Gasteiger partial charge in [-0.05, 0) is 55.3 Å². The summed E-state index contributed by atoms with van der Waals surface area (Å²) in [5.41, 5.74) is 3.72. The highest BCUT2D eigenvalue weighted by Crippen LogP contribution is 2.43. The SMILES string of the molecule is CCOC(=O)C1CCN(c2nc(Cl)nc3sc(CC)c(-c4ccc(CC)cc4)c23)CC1. The molecule has 0 bridgehead atoms. The first-order chi connectivity index (χ1) is 15.0. The molecule has 0 radical (unpaired) electrons. The Morgan fingerprint density at radius 3 is 2.45 bits per heavy atom. The van der Waals surface area contributed by atoms with Crippen molar-refractivity contribution in [2.45, 2.75) is 46.5 Å². The molecule has 1 aliphatic heterocycles. The van der Waals surface area contributed by atoms with Crippen LogP contribution in [0.3, 0.4) is 0 Å². The highest BCUT2D eigenvalue weighted by atomic mass is 35.5. The Kier molecular flexibility index (Phi) is 6.77. The predicted molar refractivity (Wildman–Crippen MR) is 128 cm³/mol. The van der Waals surface area contributed by atoms with Gasteiger partial charge < -0.3 is 9.64 Å². The Hall–Kier alpha value is -2.18. The standard InChI is InChI=1S/C24H28ClN3O2S/c1-4-15-7-9-16(10-8-15)19-18(5-2)31-22-20(19)21(26-24(25)27-22)28-13-11-17(12-14-28)23(29)30-6-3/h7-10,17H,4-6,11-14H2,1-3H3. The fourth-order valence-electron chi connectivity index (χ4n) is 4.28. The summed E-state index contributed by atoms with van der Waals surface area (Å²) in [6, 6.07) is 8.79. The molecule has 0 atom stereocenters. The van der Waals surface area contributed by atoms with Crippen molar-refractivity contribution in [2.24, 2.45) is 5.92 Å². The van der Waals surface area contributed by atoms with Crippen LogP contribution in [0.25, 0.3) is 21.3 Å². The minimum absolute atomic E-state index is 0.0428. The summed E-state index contributed by atoms with van der Waals surface area (Å²) in [5, 5.41) is 1.34. The lowest BCUT2D eigenvalue weighted by atomic mass is 9.96. The first-order valence-corrected chi connectivity index (χ1v) is 12.2. The number of aryl methyl sites for hydroxylation is 2. The minimum Gasteiger partial charge on any atom is -0.466 e. The lowest BCUT2D eigenvalue weighted by Gasteiger charge is -2.32. The number of hydrogen-bond donors (Lipinski definition) is 0. The van der Waals surface area contributed by atoms with E-state index in [2.05, 4.69) is 53.0 Å². The molecular weight excluding hydrogens is 430 g/mol. The number of ether oxygens (including phenoxy) is 1. The van der Waals surface area contributed by atoms with E-state index in [4.69, 9.17) is 16.3 Å². The maximum Gasteiger partial charge on any atom is 0.309 e. The molecule has 1 aromatic carbocycles. The van der Waals surface area contributed by atoms with Crippen molar-refractivity contribution in [3.63, 3.8) is 0 Å². The van der Waals surface area contributed by atoms with Gasteiger partial charge in [-0.1, -0.05) is 38.1 Å². The van der Waals surface area contributed by atoms with E-state index in [0.29, 0.717) is 6.61 Å². The van der Waals surface area contributed by atoms with Gasteiger partial charge in [0.15, 0.2) is 0 Å². The molecule has 31 heavy (non-hydrogen) atoms. The van der Waals surface area contributed by atoms with Crippen molar-refractivity contribution >= 4 is 44.9 Å². The molecule has 1 saturated heterocycles. The molecule has 0 aliphatic carbocycles. The molecule has 1 aliphatic rings. The molecule has 7 heteroatoms. The minimum atomic E-state index is -0.0893. The third-order valence-electron chi connectivity index (χ3n) is 5.96.